The zero-order chi connectivity index (χ0) is 33.9. The average Bonchev–Trinajstić information content (AvgIpc) is 3.38. The number of imidazole rings is 1. The van der Waals surface area contributed by atoms with Crippen LogP contribution in [0.2, 0.25) is 0 Å². The number of ether oxygens (including phenoxy) is 3. The molecular formula is C34H45N5O7. The summed E-state index contributed by atoms with van der Waals surface area (Å²) in [6, 6.07) is 16.6. The van der Waals surface area contributed by atoms with Crippen LogP contribution in [0.5, 0.6) is 0 Å². The minimum Gasteiger partial charge on any atom is -0.464 e. The summed E-state index contributed by atoms with van der Waals surface area (Å²) in [5.41, 5.74) is -0.611. The minimum atomic E-state index is -1.43. The zero-order valence-corrected chi connectivity index (χ0v) is 27.6. The molecule has 0 aliphatic heterocycles. The largest absolute Gasteiger partial charge is 0.464 e. The third-order valence-corrected chi connectivity index (χ3v) is 6.68. The Morgan fingerprint density at radius 2 is 1.54 bits per heavy atom. The van der Waals surface area contributed by atoms with E-state index in [1.54, 1.807) is 38.5 Å². The first-order valence-electron chi connectivity index (χ1n) is 15.3. The minimum absolute atomic E-state index is 0.175. The number of nitrogens with zero attached hydrogens (tertiary/aromatic N) is 2. The van der Waals surface area contributed by atoms with Gasteiger partial charge in [-0.15, -0.1) is 0 Å². The van der Waals surface area contributed by atoms with Crippen LogP contribution in [-0.4, -0.2) is 63.8 Å². The number of aryl methyl sites for hydroxylation is 1. The van der Waals surface area contributed by atoms with Crippen molar-refractivity contribution in [1.82, 2.24) is 20.2 Å². The fourth-order valence-corrected chi connectivity index (χ4v) is 4.46. The van der Waals surface area contributed by atoms with Gasteiger partial charge < -0.3 is 34.7 Å². The first-order valence-corrected chi connectivity index (χ1v) is 15.3. The quantitative estimate of drug-likeness (QED) is 0.219. The number of esters is 1. The first kappa shape index (κ1) is 35.8. The molecule has 1 heterocycles. The van der Waals surface area contributed by atoms with Crippen LogP contribution in [0.3, 0.4) is 0 Å². The van der Waals surface area contributed by atoms with Gasteiger partial charge >= 0.3 is 12.1 Å². The van der Waals surface area contributed by atoms with Gasteiger partial charge in [0.05, 0.1) is 19.8 Å². The number of benzene rings is 2. The van der Waals surface area contributed by atoms with Crippen molar-refractivity contribution in [3.05, 3.63) is 83.8 Å². The molecule has 1 unspecified atom stereocenters. The van der Waals surface area contributed by atoms with E-state index in [1.807, 2.05) is 67.6 Å². The van der Waals surface area contributed by atoms with Crippen LogP contribution in [0.1, 0.15) is 71.5 Å². The van der Waals surface area contributed by atoms with Gasteiger partial charge in [-0.2, -0.15) is 0 Å². The lowest BCUT2D eigenvalue weighted by Crippen LogP contribution is -2.59. The summed E-state index contributed by atoms with van der Waals surface area (Å²) in [6.07, 6.45) is 1.26. The molecule has 0 saturated heterocycles. The molecule has 12 heteroatoms. The van der Waals surface area contributed by atoms with Crippen LogP contribution in [0, 0.1) is 0 Å². The van der Waals surface area contributed by atoms with Crippen molar-refractivity contribution in [2.45, 2.75) is 84.7 Å². The molecule has 3 amide bonds. The number of anilines is 1. The van der Waals surface area contributed by atoms with E-state index in [2.05, 4.69) is 20.9 Å². The van der Waals surface area contributed by atoms with E-state index < -0.39 is 47.1 Å². The number of aromatic nitrogens is 2. The van der Waals surface area contributed by atoms with Gasteiger partial charge in [-0.3, -0.25) is 9.59 Å². The van der Waals surface area contributed by atoms with Crippen LogP contribution in [-0.2, 0) is 41.6 Å². The Morgan fingerprint density at radius 1 is 0.913 bits per heavy atom. The summed E-state index contributed by atoms with van der Waals surface area (Å²) in [5, 5.41) is 8.01. The third-order valence-electron chi connectivity index (χ3n) is 6.68. The van der Waals surface area contributed by atoms with Gasteiger partial charge in [-0.1, -0.05) is 67.6 Å². The lowest BCUT2D eigenvalue weighted by molar-refractivity contribution is -0.145. The summed E-state index contributed by atoms with van der Waals surface area (Å²) in [5.74, 6) is -0.971. The van der Waals surface area contributed by atoms with Crippen molar-refractivity contribution < 1.29 is 33.4 Å². The molecule has 3 rings (SSSR count). The average molecular weight is 636 g/mol. The van der Waals surface area contributed by atoms with Crippen molar-refractivity contribution in [1.29, 1.82) is 0 Å². The molecule has 0 aliphatic carbocycles. The molecule has 0 spiro atoms. The highest BCUT2D eigenvalue weighted by atomic mass is 16.6. The number of carbonyl (C=O) groups is 4. The predicted molar refractivity (Wildman–Crippen MR) is 173 cm³/mol. The van der Waals surface area contributed by atoms with Gasteiger partial charge in [0, 0.05) is 12.6 Å². The van der Waals surface area contributed by atoms with Crippen molar-refractivity contribution >= 4 is 29.7 Å². The number of nitrogens with one attached hydrogen (secondary N) is 3. The highest BCUT2D eigenvalue weighted by Gasteiger charge is 2.35. The second kappa shape index (κ2) is 16.0. The zero-order valence-electron chi connectivity index (χ0n) is 27.6. The molecule has 0 aliphatic rings. The molecular weight excluding hydrogens is 590 g/mol. The van der Waals surface area contributed by atoms with E-state index in [4.69, 9.17) is 14.2 Å². The summed E-state index contributed by atoms with van der Waals surface area (Å²) in [6.45, 7) is 12.0. The molecule has 248 valence electrons. The molecule has 2 atom stereocenters. The van der Waals surface area contributed by atoms with E-state index in [1.165, 1.54) is 13.8 Å². The Morgan fingerprint density at radius 3 is 2.13 bits per heavy atom. The normalized spacial score (nSPS) is 12.8. The molecule has 0 radical (unpaired) electrons. The van der Waals surface area contributed by atoms with E-state index >= 15 is 0 Å². The summed E-state index contributed by atoms with van der Waals surface area (Å²) in [4.78, 5) is 57.1. The number of alkyl carbamates (subject to hydrolysis) is 1. The van der Waals surface area contributed by atoms with Crippen molar-refractivity contribution in [3.63, 3.8) is 0 Å². The van der Waals surface area contributed by atoms with Crippen molar-refractivity contribution in [3.8, 4) is 0 Å². The molecule has 2 aromatic carbocycles. The fourth-order valence-electron chi connectivity index (χ4n) is 4.46. The molecule has 3 aromatic rings. The molecule has 3 N–H and O–H groups in total. The van der Waals surface area contributed by atoms with Gasteiger partial charge in [0.25, 0.3) is 5.91 Å². The molecule has 12 nitrogen and oxygen atoms in total. The Kier molecular flexibility index (Phi) is 12.5. The highest BCUT2D eigenvalue weighted by Crippen LogP contribution is 2.25. The van der Waals surface area contributed by atoms with Gasteiger partial charge in [-0.05, 0) is 52.7 Å². The van der Waals surface area contributed by atoms with Crippen molar-refractivity contribution in [2.24, 2.45) is 0 Å². The van der Waals surface area contributed by atoms with Crippen LogP contribution in [0.15, 0.2) is 66.9 Å². The van der Waals surface area contributed by atoms with Crippen molar-refractivity contribution in [2.75, 3.05) is 18.5 Å². The molecule has 0 fully saturated rings. The van der Waals surface area contributed by atoms with E-state index in [0.717, 1.165) is 5.56 Å². The lowest BCUT2D eigenvalue weighted by Gasteiger charge is -2.29. The number of carbonyl (C=O) groups excluding carboxylic acids is 4. The van der Waals surface area contributed by atoms with Crippen LogP contribution in [0.4, 0.5) is 10.6 Å². The third kappa shape index (κ3) is 10.4. The SMILES string of the molecule is CCOC(=O)C(c1ccccc1)n1cc(NC(=O)[C@@H](COCc2ccccc2)NC(=O)C(C)(C)NC(=O)OC(C)(C)C)nc1CC. The molecule has 0 bridgehead atoms. The van der Waals surface area contributed by atoms with Crippen LogP contribution < -0.4 is 16.0 Å². The van der Waals surface area contributed by atoms with Gasteiger partial charge in [0.1, 0.15) is 23.0 Å². The second-order valence-corrected chi connectivity index (χ2v) is 12.1. The monoisotopic (exact) mass is 635 g/mol. The van der Waals surface area contributed by atoms with Gasteiger partial charge in [-0.25, -0.2) is 14.6 Å². The Hall–Kier alpha value is -4.71. The predicted octanol–water partition coefficient (Wildman–Crippen LogP) is 4.54. The number of amides is 3. The van der Waals surface area contributed by atoms with Gasteiger partial charge in [0.15, 0.2) is 11.9 Å². The van der Waals surface area contributed by atoms with E-state index in [9.17, 15) is 19.2 Å². The maximum Gasteiger partial charge on any atom is 0.408 e. The topological polar surface area (TPSA) is 150 Å². The smallest absolute Gasteiger partial charge is 0.408 e. The summed E-state index contributed by atoms with van der Waals surface area (Å²) >= 11 is 0. The summed E-state index contributed by atoms with van der Waals surface area (Å²) < 4.78 is 18.2. The van der Waals surface area contributed by atoms with Gasteiger partial charge in [0.2, 0.25) is 5.91 Å². The number of hydrogen-bond donors (Lipinski definition) is 3. The number of rotatable bonds is 14. The maximum atomic E-state index is 13.7. The molecule has 0 saturated carbocycles. The van der Waals surface area contributed by atoms with E-state index in [0.29, 0.717) is 17.8 Å². The lowest BCUT2D eigenvalue weighted by atomic mass is 10.0. The highest BCUT2D eigenvalue weighted by molar-refractivity contribution is 5.98. The summed E-state index contributed by atoms with van der Waals surface area (Å²) in [7, 11) is 0. The maximum absolute atomic E-state index is 13.7. The Balaban J connectivity index is 1.84. The van der Waals surface area contributed by atoms with Crippen LogP contribution in [0.25, 0.3) is 0 Å². The number of hydrogen-bond acceptors (Lipinski definition) is 8. The Bertz CT molecular complexity index is 1470. The Labute approximate surface area is 270 Å². The second-order valence-electron chi connectivity index (χ2n) is 12.1. The van der Waals surface area contributed by atoms with E-state index in [-0.39, 0.29) is 25.6 Å². The molecule has 1 aromatic heterocycles. The first-order chi connectivity index (χ1) is 21.7. The fraction of sp³-hybridized carbons (Fsp3) is 0.441. The standard InChI is InChI=1S/C34H45N5O7/c1-8-27-36-26(20-39(27)28(30(41)45-9-2)24-18-14-11-15-19-24)37-29(40)25(22-44-21-23-16-12-10-13-17-23)35-31(42)34(6,7)38-32(43)46-33(3,4)5/h10-20,25,28H,8-9,21-22H2,1-7H3,(H,35,42)(H,37,40)(H,38,43)/t25-,28?/m1/s1. The van der Waals surface area contributed by atoms with Crippen LogP contribution >= 0.6 is 0 Å². The molecule has 46 heavy (non-hydrogen) atoms.